The number of nitrogens with one attached hydrogen (secondary N) is 2. The zero-order chi connectivity index (χ0) is 18.6. The molecule has 27 heavy (non-hydrogen) atoms. The molecule has 2 aromatic carbocycles. The average molecular weight is 400 g/mol. The zero-order valence-corrected chi connectivity index (χ0v) is 17.0. The molecule has 0 aliphatic carbocycles. The summed E-state index contributed by atoms with van der Waals surface area (Å²) < 4.78 is 0. The second-order valence-electron chi connectivity index (χ2n) is 7.64. The van der Waals surface area contributed by atoms with Crippen LogP contribution in [0, 0.1) is 0 Å². The Kier molecular flexibility index (Phi) is 5.96. The van der Waals surface area contributed by atoms with Crippen LogP contribution in [0.2, 0.25) is 5.02 Å². The average Bonchev–Trinajstić information content (AvgIpc) is 2.65. The van der Waals surface area contributed by atoms with Crippen molar-refractivity contribution in [1.29, 1.82) is 0 Å². The second kappa shape index (κ2) is 8.59. The lowest BCUT2D eigenvalue weighted by Crippen LogP contribution is -2.56. The molecule has 0 amide bonds. The van der Waals surface area contributed by atoms with E-state index in [0.717, 1.165) is 25.1 Å². The summed E-state index contributed by atoms with van der Waals surface area (Å²) in [6.45, 7) is 1.06. The van der Waals surface area contributed by atoms with Gasteiger partial charge in [0, 0.05) is 24.7 Å². The van der Waals surface area contributed by atoms with Crippen molar-refractivity contribution in [3.63, 3.8) is 0 Å². The number of piperidine rings is 2. The fourth-order valence-electron chi connectivity index (χ4n) is 4.56. The molecule has 0 aromatic heterocycles. The van der Waals surface area contributed by atoms with Gasteiger partial charge >= 0.3 is 0 Å². The van der Waals surface area contributed by atoms with Crippen LogP contribution in [0.5, 0.6) is 0 Å². The Morgan fingerprint density at radius 2 is 1.67 bits per heavy atom. The lowest BCUT2D eigenvalue weighted by atomic mass is 9.81. The maximum absolute atomic E-state index is 6.23. The van der Waals surface area contributed by atoms with Gasteiger partial charge in [0.15, 0.2) is 5.11 Å². The van der Waals surface area contributed by atoms with Crippen molar-refractivity contribution in [2.24, 2.45) is 0 Å². The van der Waals surface area contributed by atoms with Crippen LogP contribution in [0.3, 0.4) is 0 Å². The third-order valence-electron chi connectivity index (χ3n) is 5.79. The highest BCUT2D eigenvalue weighted by atomic mass is 35.5. The van der Waals surface area contributed by atoms with Crippen LogP contribution in [0.25, 0.3) is 0 Å². The fraction of sp³-hybridized carbons (Fsp3) is 0.409. The van der Waals surface area contributed by atoms with E-state index in [9.17, 15) is 0 Å². The van der Waals surface area contributed by atoms with E-state index in [1.54, 1.807) is 0 Å². The van der Waals surface area contributed by atoms with Crippen molar-refractivity contribution in [2.45, 2.75) is 56.8 Å². The molecule has 0 spiro atoms. The Bertz CT molecular complexity index is 768. The van der Waals surface area contributed by atoms with Gasteiger partial charge in [-0.2, -0.15) is 0 Å². The molecule has 2 aliphatic heterocycles. The first-order valence-electron chi connectivity index (χ1n) is 9.81. The number of nitrogens with zero attached hydrogens (tertiary/aromatic N) is 1. The quantitative estimate of drug-likeness (QED) is 0.690. The highest BCUT2D eigenvalue weighted by molar-refractivity contribution is 7.80. The van der Waals surface area contributed by atoms with E-state index in [1.807, 2.05) is 24.3 Å². The van der Waals surface area contributed by atoms with Crippen LogP contribution in [-0.2, 0) is 6.54 Å². The van der Waals surface area contributed by atoms with Crippen molar-refractivity contribution < 1.29 is 0 Å². The van der Waals surface area contributed by atoms with E-state index >= 15 is 0 Å². The van der Waals surface area contributed by atoms with Crippen molar-refractivity contribution in [3.8, 4) is 0 Å². The van der Waals surface area contributed by atoms with Crippen LogP contribution in [-0.4, -0.2) is 28.1 Å². The first-order chi connectivity index (χ1) is 13.2. The molecule has 4 rings (SSSR count). The van der Waals surface area contributed by atoms with E-state index in [1.165, 1.54) is 24.8 Å². The summed E-state index contributed by atoms with van der Waals surface area (Å²) in [5.41, 5.74) is 2.27. The molecule has 3 nitrogen and oxygen atoms in total. The van der Waals surface area contributed by atoms with Gasteiger partial charge in [0.1, 0.15) is 0 Å². The Morgan fingerprint density at radius 3 is 2.37 bits per heavy atom. The van der Waals surface area contributed by atoms with Crippen LogP contribution in [0.15, 0.2) is 54.6 Å². The van der Waals surface area contributed by atoms with Crippen LogP contribution in [0.1, 0.15) is 37.7 Å². The first kappa shape index (κ1) is 18.7. The molecular weight excluding hydrogens is 374 g/mol. The molecule has 2 aliphatic rings. The predicted molar refractivity (Wildman–Crippen MR) is 117 cm³/mol. The van der Waals surface area contributed by atoms with Gasteiger partial charge in [0.05, 0.1) is 10.7 Å². The van der Waals surface area contributed by atoms with E-state index < -0.39 is 0 Å². The normalized spacial score (nSPS) is 25.0. The van der Waals surface area contributed by atoms with Crippen LogP contribution < -0.4 is 10.6 Å². The molecule has 5 heteroatoms. The molecular formula is C22H26ClN3S. The van der Waals surface area contributed by atoms with Gasteiger partial charge in [-0.25, -0.2) is 0 Å². The van der Waals surface area contributed by atoms with Crippen molar-refractivity contribution in [3.05, 3.63) is 65.2 Å². The fourth-order valence-corrected chi connectivity index (χ4v) is 5.01. The summed E-state index contributed by atoms with van der Waals surface area (Å²) in [4.78, 5) is 2.72. The Hall–Kier alpha value is -1.62. The number of para-hydroxylation sites is 1. The Morgan fingerprint density at radius 1 is 1.00 bits per heavy atom. The number of hydrogen-bond acceptors (Lipinski definition) is 2. The third-order valence-corrected chi connectivity index (χ3v) is 6.34. The Labute approximate surface area is 172 Å². The van der Waals surface area contributed by atoms with E-state index in [4.69, 9.17) is 23.8 Å². The van der Waals surface area contributed by atoms with E-state index in [2.05, 4.69) is 45.9 Å². The van der Waals surface area contributed by atoms with Gasteiger partial charge < -0.3 is 10.6 Å². The minimum Gasteiger partial charge on any atom is -0.360 e. The SMILES string of the molecule is S=C(Nc1ccccc1Cl)NC1C[C@H]2CCC[C@H](C1)N2Cc1ccccc1. The number of anilines is 1. The van der Waals surface area contributed by atoms with E-state index in [-0.39, 0.29) is 0 Å². The van der Waals surface area contributed by atoms with Crippen molar-refractivity contribution >= 4 is 34.6 Å². The highest BCUT2D eigenvalue weighted by Crippen LogP contribution is 2.35. The molecule has 142 valence electrons. The van der Waals surface area contributed by atoms with Gasteiger partial charge in [-0.15, -0.1) is 0 Å². The van der Waals surface area contributed by atoms with Gasteiger partial charge in [0.25, 0.3) is 0 Å². The zero-order valence-electron chi connectivity index (χ0n) is 15.4. The Balaban J connectivity index is 1.37. The number of rotatable bonds is 4. The summed E-state index contributed by atoms with van der Waals surface area (Å²) in [5, 5.41) is 8.15. The van der Waals surface area contributed by atoms with E-state index in [0.29, 0.717) is 28.3 Å². The van der Waals surface area contributed by atoms with Gasteiger partial charge in [-0.3, -0.25) is 4.90 Å². The molecule has 2 N–H and O–H groups in total. The maximum Gasteiger partial charge on any atom is 0.171 e. The molecule has 2 bridgehead atoms. The van der Waals surface area contributed by atoms with Gasteiger partial charge in [-0.05, 0) is 55.6 Å². The molecule has 2 heterocycles. The highest BCUT2D eigenvalue weighted by Gasteiger charge is 2.38. The van der Waals surface area contributed by atoms with Crippen LogP contribution in [0.4, 0.5) is 5.69 Å². The lowest BCUT2D eigenvalue weighted by Gasteiger charge is -2.49. The molecule has 2 atom stereocenters. The third kappa shape index (κ3) is 4.63. The predicted octanol–water partition coefficient (Wildman–Crippen LogP) is 5.21. The summed E-state index contributed by atoms with van der Waals surface area (Å²) >= 11 is 11.8. The molecule has 0 radical (unpaired) electrons. The number of thiocarbonyl (C=S) groups is 1. The molecule has 2 aromatic rings. The lowest BCUT2D eigenvalue weighted by molar-refractivity contribution is 0.0212. The monoisotopic (exact) mass is 399 g/mol. The summed E-state index contributed by atoms with van der Waals surface area (Å²) in [5.74, 6) is 0. The number of fused-ring (bicyclic) bond motifs is 2. The maximum atomic E-state index is 6.23. The molecule has 0 saturated carbocycles. The minimum absolute atomic E-state index is 0.426. The molecule has 2 fully saturated rings. The number of hydrogen-bond donors (Lipinski definition) is 2. The summed E-state index contributed by atoms with van der Waals surface area (Å²) in [6, 6.07) is 20.3. The summed E-state index contributed by atoms with van der Waals surface area (Å²) in [7, 11) is 0. The standard InChI is InChI=1S/C22H26ClN3S/c23-20-11-4-5-12-21(20)25-22(27)24-17-13-18-9-6-10-19(14-17)26(18)15-16-7-2-1-3-8-16/h1-5,7-8,11-12,17-19H,6,9-10,13-15H2,(H2,24,25,27)/t18-,19-/m1/s1. The second-order valence-corrected chi connectivity index (χ2v) is 8.46. The van der Waals surface area contributed by atoms with Gasteiger partial charge in [-0.1, -0.05) is 60.5 Å². The summed E-state index contributed by atoms with van der Waals surface area (Å²) in [6.07, 6.45) is 6.20. The first-order valence-corrected chi connectivity index (χ1v) is 10.6. The van der Waals surface area contributed by atoms with Crippen molar-refractivity contribution in [2.75, 3.05) is 5.32 Å². The number of halogens is 1. The van der Waals surface area contributed by atoms with Crippen molar-refractivity contribution in [1.82, 2.24) is 10.2 Å². The largest absolute Gasteiger partial charge is 0.360 e. The minimum atomic E-state index is 0.426. The van der Waals surface area contributed by atoms with Gasteiger partial charge in [0.2, 0.25) is 0 Å². The molecule has 0 unspecified atom stereocenters. The number of benzene rings is 2. The topological polar surface area (TPSA) is 27.3 Å². The smallest absolute Gasteiger partial charge is 0.171 e. The molecule has 2 saturated heterocycles. The van der Waals surface area contributed by atoms with Crippen LogP contribution >= 0.6 is 23.8 Å².